The zero-order valence-corrected chi connectivity index (χ0v) is 11.7. The van der Waals surface area contributed by atoms with Gasteiger partial charge in [-0.15, -0.1) is 0 Å². The first-order valence-electron chi connectivity index (χ1n) is 6.91. The number of nitrogens with two attached hydrogens (primary N) is 1. The number of amides is 1. The van der Waals surface area contributed by atoms with Crippen molar-refractivity contribution < 1.29 is 4.79 Å². The molecule has 0 fully saturated rings. The van der Waals surface area contributed by atoms with Crippen LogP contribution in [0.1, 0.15) is 34.8 Å². The van der Waals surface area contributed by atoms with Gasteiger partial charge in [-0.05, 0) is 35.7 Å². The number of primary amides is 1. The summed E-state index contributed by atoms with van der Waals surface area (Å²) < 4.78 is 0. The van der Waals surface area contributed by atoms with Crippen LogP contribution in [0.15, 0.2) is 48.5 Å². The molecule has 0 saturated carbocycles. The topological polar surface area (TPSA) is 55.1 Å². The molecular weight excluding hydrogens is 248 g/mol. The van der Waals surface area contributed by atoms with E-state index in [0.717, 1.165) is 24.9 Å². The number of nitrogens with one attached hydrogen (secondary N) is 1. The van der Waals surface area contributed by atoms with Crippen molar-refractivity contribution in [1.82, 2.24) is 0 Å². The standard InChI is InChI=1S/C17H20N2O/c1-2-5-14-6-3-4-7-16(14)19-12-13-8-10-15(11-9-13)17(18)20/h3-4,6-11,19H,2,5,12H2,1H3,(H2,18,20). The molecule has 0 bridgehead atoms. The fourth-order valence-corrected chi connectivity index (χ4v) is 2.16. The Balaban J connectivity index is 2.03. The Morgan fingerprint density at radius 1 is 1.10 bits per heavy atom. The molecule has 0 aliphatic rings. The van der Waals surface area contributed by atoms with Crippen LogP contribution in [0.2, 0.25) is 0 Å². The number of anilines is 1. The molecular formula is C17H20N2O. The van der Waals surface area contributed by atoms with Crippen molar-refractivity contribution in [3.8, 4) is 0 Å². The Kier molecular flexibility index (Phi) is 4.77. The van der Waals surface area contributed by atoms with E-state index in [-0.39, 0.29) is 0 Å². The fourth-order valence-electron chi connectivity index (χ4n) is 2.16. The van der Waals surface area contributed by atoms with Crippen LogP contribution in [0.5, 0.6) is 0 Å². The van der Waals surface area contributed by atoms with E-state index in [2.05, 4.69) is 30.4 Å². The van der Waals surface area contributed by atoms with E-state index in [0.29, 0.717) is 5.56 Å². The molecule has 0 aliphatic carbocycles. The first-order chi connectivity index (χ1) is 9.70. The van der Waals surface area contributed by atoms with Crippen LogP contribution < -0.4 is 11.1 Å². The zero-order valence-electron chi connectivity index (χ0n) is 11.7. The van der Waals surface area contributed by atoms with Crippen molar-refractivity contribution in [2.24, 2.45) is 5.73 Å². The monoisotopic (exact) mass is 268 g/mol. The predicted molar refractivity (Wildman–Crippen MR) is 82.7 cm³/mol. The molecule has 0 radical (unpaired) electrons. The molecule has 3 nitrogen and oxygen atoms in total. The smallest absolute Gasteiger partial charge is 0.248 e. The van der Waals surface area contributed by atoms with Gasteiger partial charge >= 0.3 is 0 Å². The molecule has 0 unspecified atom stereocenters. The van der Waals surface area contributed by atoms with Crippen molar-refractivity contribution in [2.45, 2.75) is 26.3 Å². The van der Waals surface area contributed by atoms with Gasteiger partial charge in [0.25, 0.3) is 0 Å². The summed E-state index contributed by atoms with van der Waals surface area (Å²) in [5.41, 5.74) is 9.41. The summed E-state index contributed by atoms with van der Waals surface area (Å²) in [7, 11) is 0. The second-order valence-corrected chi connectivity index (χ2v) is 4.82. The highest BCUT2D eigenvalue weighted by molar-refractivity contribution is 5.92. The minimum absolute atomic E-state index is 0.391. The molecule has 3 N–H and O–H groups in total. The highest BCUT2D eigenvalue weighted by Gasteiger charge is 2.02. The number of carbonyl (C=O) groups is 1. The van der Waals surface area contributed by atoms with Gasteiger partial charge < -0.3 is 11.1 Å². The van der Waals surface area contributed by atoms with Gasteiger partial charge in [-0.2, -0.15) is 0 Å². The molecule has 0 aromatic heterocycles. The van der Waals surface area contributed by atoms with Crippen molar-refractivity contribution >= 4 is 11.6 Å². The molecule has 3 heteroatoms. The van der Waals surface area contributed by atoms with Gasteiger partial charge in [0.15, 0.2) is 0 Å². The van der Waals surface area contributed by atoms with Crippen LogP contribution >= 0.6 is 0 Å². The average molecular weight is 268 g/mol. The Bertz CT molecular complexity index is 576. The van der Waals surface area contributed by atoms with Crippen LogP contribution in [0.3, 0.4) is 0 Å². The first kappa shape index (κ1) is 14.1. The first-order valence-corrected chi connectivity index (χ1v) is 6.91. The zero-order chi connectivity index (χ0) is 14.4. The van der Waals surface area contributed by atoms with Gasteiger partial charge in [-0.1, -0.05) is 43.7 Å². The van der Waals surface area contributed by atoms with Crippen LogP contribution in [0, 0.1) is 0 Å². The molecule has 0 aliphatic heterocycles. The maximum atomic E-state index is 11.0. The fraction of sp³-hybridized carbons (Fsp3) is 0.235. The Morgan fingerprint density at radius 3 is 2.45 bits per heavy atom. The number of hydrogen-bond acceptors (Lipinski definition) is 2. The van der Waals surface area contributed by atoms with E-state index in [1.807, 2.05) is 18.2 Å². The van der Waals surface area contributed by atoms with Gasteiger partial charge in [-0.3, -0.25) is 4.79 Å². The summed E-state index contributed by atoms with van der Waals surface area (Å²) >= 11 is 0. The van der Waals surface area contributed by atoms with Gasteiger partial charge in [0.2, 0.25) is 5.91 Å². The molecule has 104 valence electrons. The normalized spacial score (nSPS) is 10.2. The lowest BCUT2D eigenvalue weighted by atomic mass is 10.1. The van der Waals surface area contributed by atoms with Crippen molar-refractivity contribution in [2.75, 3.05) is 5.32 Å². The number of aryl methyl sites for hydroxylation is 1. The third-order valence-electron chi connectivity index (χ3n) is 3.26. The lowest BCUT2D eigenvalue weighted by molar-refractivity contribution is 0.100. The lowest BCUT2D eigenvalue weighted by Gasteiger charge is -2.11. The summed E-state index contributed by atoms with van der Waals surface area (Å²) in [6, 6.07) is 15.7. The third kappa shape index (κ3) is 3.60. The number of hydrogen-bond donors (Lipinski definition) is 2. The van der Waals surface area contributed by atoms with Crippen LogP contribution in [-0.4, -0.2) is 5.91 Å². The van der Waals surface area contributed by atoms with Crippen LogP contribution in [0.4, 0.5) is 5.69 Å². The van der Waals surface area contributed by atoms with Crippen LogP contribution in [0.25, 0.3) is 0 Å². The minimum atomic E-state index is -0.391. The van der Waals surface area contributed by atoms with E-state index < -0.39 is 5.91 Å². The molecule has 0 heterocycles. The average Bonchev–Trinajstić information content (AvgIpc) is 2.47. The summed E-state index contributed by atoms with van der Waals surface area (Å²) in [6.45, 7) is 2.92. The second kappa shape index (κ2) is 6.75. The summed E-state index contributed by atoms with van der Waals surface area (Å²) in [6.07, 6.45) is 2.20. The Morgan fingerprint density at radius 2 is 1.80 bits per heavy atom. The maximum Gasteiger partial charge on any atom is 0.248 e. The maximum absolute atomic E-state index is 11.0. The van der Waals surface area contributed by atoms with E-state index >= 15 is 0 Å². The minimum Gasteiger partial charge on any atom is -0.381 e. The van der Waals surface area contributed by atoms with E-state index in [1.54, 1.807) is 12.1 Å². The second-order valence-electron chi connectivity index (χ2n) is 4.82. The summed E-state index contributed by atoms with van der Waals surface area (Å²) in [5.74, 6) is -0.391. The SMILES string of the molecule is CCCc1ccccc1NCc1ccc(C(N)=O)cc1. The predicted octanol–water partition coefficient (Wildman–Crippen LogP) is 3.35. The lowest BCUT2D eigenvalue weighted by Crippen LogP contribution is -2.10. The highest BCUT2D eigenvalue weighted by atomic mass is 16.1. The molecule has 0 spiro atoms. The van der Waals surface area contributed by atoms with E-state index in [4.69, 9.17) is 5.73 Å². The number of para-hydroxylation sites is 1. The molecule has 2 aromatic rings. The third-order valence-corrected chi connectivity index (χ3v) is 3.26. The molecule has 0 saturated heterocycles. The number of carbonyl (C=O) groups excluding carboxylic acids is 1. The van der Waals surface area contributed by atoms with E-state index in [1.165, 1.54) is 11.3 Å². The number of benzene rings is 2. The highest BCUT2D eigenvalue weighted by Crippen LogP contribution is 2.18. The molecule has 1 amide bonds. The van der Waals surface area contributed by atoms with Gasteiger partial charge in [0.1, 0.15) is 0 Å². The quantitative estimate of drug-likeness (QED) is 0.844. The Labute approximate surface area is 119 Å². The Hall–Kier alpha value is -2.29. The number of rotatable bonds is 6. The van der Waals surface area contributed by atoms with Crippen molar-refractivity contribution in [3.63, 3.8) is 0 Å². The largest absolute Gasteiger partial charge is 0.381 e. The van der Waals surface area contributed by atoms with Crippen molar-refractivity contribution in [3.05, 3.63) is 65.2 Å². The molecule has 2 aromatic carbocycles. The summed E-state index contributed by atoms with van der Waals surface area (Å²) in [4.78, 5) is 11.0. The van der Waals surface area contributed by atoms with Crippen LogP contribution in [-0.2, 0) is 13.0 Å². The van der Waals surface area contributed by atoms with Crippen molar-refractivity contribution in [1.29, 1.82) is 0 Å². The molecule has 0 atom stereocenters. The van der Waals surface area contributed by atoms with Gasteiger partial charge in [-0.25, -0.2) is 0 Å². The molecule has 2 rings (SSSR count). The van der Waals surface area contributed by atoms with Gasteiger partial charge in [0, 0.05) is 17.8 Å². The van der Waals surface area contributed by atoms with Gasteiger partial charge in [0.05, 0.1) is 0 Å². The molecule has 20 heavy (non-hydrogen) atoms. The van der Waals surface area contributed by atoms with E-state index in [9.17, 15) is 4.79 Å². The summed E-state index contributed by atoms with van der Waals surface area (Å²) in [5, 5.41) is 3.45.